The Bertz CT molecular complexity index is 426. The van der Waals surface area contributed by atoms with Crippen LogP contribution in [0.3, 0.4) is 0 Å². The van der Waals surface area contributed by atoms with Crippen LogP contribution < -0.4 is 16.0 Å². The second-order valence-electron chi connectivity index (χ2n) is 3.62. The molecule has 0 unspecified atom stereocenters. The van der Waals surface area contributed by atoms with Crippen LogP contribution in [0.15, 0.2) is 36.9 Å². The highest BCUT2D eigenvalue weighted by Gasteiger charge is 2.04. The Balaban J connectivity index is 2.50. The van der Waals surface area contributed by atoms with Gasteiger partial charge in [-0.05, 0) is 24.3 Å². The van der Waals surface area contributed by atoms with Gasteiger partial charge < -0.3 is 16.0 Å². The first kappa shape index (κ1) is 13.9. The molecule has 0 aromatic heterocycles. The zero-order valence-electron chi connectivity index (χ0n) is 10.3. The van der Waals surface area contributed by atoms with Crippen molar-refractivity contribution >= 4 is 17.5 Å². The van der Waals surface area contributed by atoms with Gasteiger partial charge in [-0.15, -0.1) is 6.58 Å². The summed E-state index contributed by atoms with van der Waals surface area (Å²) in [5, 5.41) is 8.15. The number of rotatable bonds is 6. The molecule has 0 aliphatic heterocycles. The molecule has 0 bridgehead atoms. The molecule has 0 saturated carbocycles. The van der Waals surface area contributed by atoms with E-state index < -0.39 is 0 Å². The second-order valence-corrected chi connectivity index (χ2v) is 3.62. The second kappa shape index (κ2) is 7.24. The van der Waals surface area contributed by atoms with Crippen molar-refractivity contribution in [2.24, 2.45) is 0 Å². The quantitative estimate of drug-likeness (QED) is 0.513. The van der Waals surface area contributed by atoms with Crippen LogP contribution in [0.1, 0.15) is 10.4 Å². The van der Waals surface area contributed by atoms with Crippen LogP contribution >= 0.6 is 0 Å². The molecule has 0 aliphatic rings. The summed E-state index contributed by atoms with van der Waals surface area (Å²) < 4.78 is 0. The molecule has 18 heavy (non-hydrogen) atoms. The molecular weight excluding hydrogens is 230 g/mol. The number of nitrogens with one attached hydrogen (secondary N) is 3. The number of carbonyl (C=O) groups excluding carboxylic acids is 2. The number of hydrogen-bond acceptors (Lipinski definition) is 3. The predicted molar refractivity (Wildman–Crippen MR) is 71.5 cm³/mol. The summed E-state index contributed by atoms with van der Waals surface area (Å²) >= 11 is 0. The third-order valence-electron chi connectivity index (χ3n) is 2.23. The molecule has 5 nitrogen and oxygen atoms in total. The lowest BCUT2D eigenvalue weighted by Gasteiger charge is -2.06. The summed E-state index contributed by atoms with van der Waals surface area (Å²) in [7, 11) is 1.57. The van der Waals surface area contributed by atoms with Gasteiger partial charge in [0.15, 0.2) is 0 Å². The van der Waals surface area contributed by atoms with Crippen LogP contribution in [0.25, 0.3) is 0 Å². The van der Waals surface area contributed by atoms with Gasteiger partial charge in [-0.2, -0.15) is 0 Å². The Morgan fingerprint density at radius 1 is 1.28 bits per heavy atom. The van der Waals surface area contributed by atoms with E-state index in [2.05, 4.69) is 22.5 Å². The largest absolute Gasteiger partial charge is 0.355 e. The molecule has 2 amide bonds. The average Bonchev–Trinajstić information content (AvgIpc) is 2.39. The van der Waals surface area contributed by atoms with E-state index in [1.807, 2.05) is 0 Å². The molecule has 0 saturated heterocycles. The monoisotopic (exact) mass is 247 g/mol. The summed E-state index contributed by atoms with van der Waals surface area (Å²) in [6.45, 7) is 4.36. The summed E-state index contributed by atoms with van der Waals surface area (Å²) in [6.07, 6.45) is 1.69. The molecule has 3 N–H and O–H groups in total. The summed E-state index contributed by atoms with van der Waals surface area (Å²) in [5.41, 5.74) is 1.22. The van der Waals surface area contributed by atoms with Gasteiger partial charge in [-0.1, -0.05) is 6.08 Å². The highest BCUT2D eigenvalue weighted by Crippen LogP contribution is 2.09. The minimum Gasteiger partial charge on any atom is -0.355 e. The van der Waals surface area contributed by atoms with Gasteiger partial charge in [0.25, 0.3) is 5.91 Å². The molecule has 0 spiro atoms. The van der Waals surface area contributed by atoms with E-state index in [9.17, 15) is 9.59 Å². The number of carbonyl (C=O) groups is 2. The lowest BCUT2D eigenvalue weighted by atomic mass is 10.2. The van der Waals surface area contributed by atoms with Crippen molar-refractivity contribution in [1.29, 1.82) is 0 Å². The van der Waals surface area contributed by atoms with E-state index in [1.165, 1.54) is 0 Å². The fraction of sp³-hybridized carbons (Fsp3) is 0.231. The Morgan fingerprint density at radius 2 is 1.94 bits per heavy atom. The fourth-order valence-electron chi connectivity index (χ4n) is 1.34. The molecule has 0 atom stereocenters. The molecule has 1 aromatic rings. The SMILES string of the molecule is C=CCNCC(=O)Nc1ccc(C(=O)NC)cc1. The number of benzene rings is 1. The van der Waals surface area contributed by atoms with Crippen LogP contribution in [0.4, 0.5) is 5.69 Å². The van der Waals surface area contributed by atoms with E-state index in [0.717, 1.165) is 0 Å². The molecule has 5 heteroatoms. The van der Waals surface area contributed by atoms with Gasteiger partial charge in [0.2, 0.25) is 5.91 Å². The topological polar surface area (TPSA) is 70.2 Å². The molecular formula is C13H17N3O2. The molecule has 0 fully saturated rings. The average molecular weight is 247 g/mol. The molecule has 96 valence electrons. The Labute approximate surface area is 106 Å². The zero-order chi connectivity index (χ0) is 13.4. The van der Waals surface area contributed by atoms with E-state index in [-0.39, 0.29) is 18.4 Å². The van der Waals surface area contributed by atoms with Gasteiger partial charge >= 0.3 is 0 Å². The van der Waals surface area contributed by atoms with Crippen molar-refractivity contribution in [2.45, 2.75) is 0 Å². The van der Waals surface area contributed by atoms with Crippen LogP contribution in [-0.2, 0) is 4.79 Å². The third kappa shape index (κ3) is 4.39. The maximum atomic E-state index is 11.5. The van der Waals surface area contributed by atoms with Crippen molar-refractivity contribution in [3.8, 4) is 0 Å². The summed E-state index contributed by atoms with van der Waals surface area (Å²) in [5.74, 6) is -0.287. The predicted octanol–water partition coefficient (Wildman–Crippen LogP) is 0.760. The molecule has 0 aliphatic carbocycles. The van der Waals surface area contributed by atoms with E-state index in [4.69, 9.17) is 0 Å². The first-order chi connectivity index (χ1) is 8.67. The zero-order valence-corrected chi connectivity index (χ0v) is 10.3. The normalized spacial score (nSPS) is 9.61. The maximum Gasteiger partial charge on any atom is 0.251 e. The van der Waals surface area contributed by atoms with Gasteiger partial charge in [-0.25, -0.2) is 0 Å². The Kier molecular flexibility index (Phi) is 5.60. The lowest BCUT2D eigenvalue weighted by Crippen LogP contribution is -2.28. The first-order valence-corrected chi connectivity index (χ1v) is 5.61. The van der Waals surface area contributed by atoms with Crippen molar-refractivity contribution in [3.05, 3.63) is 42.5 Å². The third-order valence-corrected chi connectivity index (χ3v) is 2.23. The highest BCUT2D eigenvalue weighted by atomic mass is 16.2. The fourth-order valence-corrected chi connectivity index (χ4v) is 1.34. The van der Waals surface area contributed by atoms with E-state index >= 15 is 0 Å². The molecule has 1 rings (SSSR count). The Hall–Kier alpha value is -2.14. The summed E-state index contributed by atoms with van der Waals surface area (Å²) in [6, 6.07) is 6.70. The molecule has 0 heterocycles. The minimum atomic E-state index is -0.152. The number of amides is 2. The van der Waals surface area contributed by atoms with Crippen LogP contribution in [0.2, 0.25) is 0 Å². The van der Waals surface area contributed by atoms with Crippen molar-refractivity contribution < 1.29 is 9.59 Å². The van der Waals surface area contributed by atoms with Crippen LogP contribution in [0.5, 0.6) is 0 Å². The van der Waals surface area contributed by atoms with E-state index in [0.29, 0.717) is 17.8 Å². The molecule has 1 aromatic carbocycles. The highest BCUT2D eigenvalue weighted by molar-refractivity contribution is 5.96. The standard InChI is InChI=1S/C13H17N3O2/c1-3-8-15-9-12(17)16-11-6-4-10(5-7-11)13(18)14-2/h3-7,15H,1,8-9H2,2H3,(H,14,18)(H,16,17). The van der Waals surface area contributed by atoms with Crippen LogP contribution in [0, 0.1) is 0 Å². The molecule has 0 radical (unpaired) electrons. The first-order valence-electron chi connectivity index (χ1n) is 5.61. The smallest absolute Gasteiger partial charge is 0.251 e. The van der Waals surface area contributed by atoms with Gasteiger partial charge in [0, 0.05) is 24.8 Å². The van der Waals surface area contributed by atoms with Gasteiger partial charge in [0.1, 0.15) is 0 Å². The van der Waals surface area contributed by atoms with Crippen molar-refractivity contribution in [2.75, 3.05) is 25.5 Å². The van der Waals surface area contributed by atoms with Gasteiger partial charge in [-0.3, -0.25) is 9.59 Å². The number of hydrogen-bond donors (Lipinski definition) is 3. The lowest BCUT2D eigenvalue weighted by molar-refractivity contribution is -0.115. The van der Waals surface area contributed by atoms with Crippen molar-refractivity contribution in [1.82, 2.24) is 10.6 Å². The Morgan fingerprint density at radius 3 is 2.50 bits per heavy atom. The van der Waals surface area contributed by atoms with Crippen molar-refractivity contribution in [3.63, 3.8) is 0 Å². The maximum absolute atomic E-state index is 11.5. The summed E-state index contributed by atoms with van der Waals surface area (Å²) in [4.78, 5) is 22.8. The van der Waals surface area contributed by atoms with Gasteiger partial charge in [0.05, 0.1) is 6.54 Å². The van der Waals surface area contributed by atoms with Crippen LogP contribution in [-0.4, -0.2) is 32.0 Å². The number of anilines is 1. The van der Waals surface area contributed by atoms with E-state index in [1.54, 1.807) is 37.4 Å². The minimum absolute atomic E-state index is 0.135.